The van der Waals surface area contributed by atoms with Crippen molar-refractivity contribution in [3.05, 3.63) is 35.9 Å². The third-order valence-corrected chi connectivity index (χ3v) is 1.78. The summed E-state index contributed by atoms with van der Waals surface area (Å²) in [4.78, 5) is 0. The molecule has 0 amide bonds. The second-order valence-corrected chi connectivity index (χ2v) is 3.11. The molecule has 0 saturated carbocycles. The Morgan fingerprint density at radius 3 is 2.57 bits per heavy atom. The average molecular weight is 196 g/mol. The number of methoxy groups -OCH3 is 1. The Balaban J connectivity index is 2.16. The molecule has 0 spiro atoms. The van der Waals surface area contributed by atoms with Crippen molar-refractivity contribution in [2.45, 2.75) is 12.7 Å². The summed E-state index contributed by atoms with van der Waals surface area (Å²) in [6, 6.07) is 9.86. The maximum absolute atomic E-state index is 9.28. The average Bonchev–Trinajstić information content (AvgIpc) is 2.20. The van der Waals surface area contributed by atoms with Crippen molar-refractivity contribution in [2.24, 2.45) is 0 Å². The van der Waals surface area contributed by atoms with E-state index in [0.717, 1.165) is 5.56 Å². The molecule has 0 saturated heterocycles. The summed E-state index contributed by atoms with van der Waals surface area (Å²) in [5.41, 5.74) is 1.11. The highest BCUT2D eigenvalue weighted by molar-refractivity contribution is 5.13. The lowest BCUT2D eigenvalue weighted by Crippen LogP contribution is -2.20. The first-order valence-electron chi connectivity index (χ1n) is 4.61. The van der Waals surface area contributed by atoms with Gasteiger partial charge < -0.3 is 14.6 Å². The van der Waals surface area contributed by atoms with Gasteiger partial charge in [0.15, 0.2) is 0 Å². The van der Waals surface area contributed by atoms with Crippen molar-refractivity contribution in [2.75, 3.05) is 20.3 Å². The first kappa shape index (κ1) is 11.2. The Morgan fingerprint density at radius 2 is 1.93 bits per heavy atom. The van der Waals surface area contributed by atoms with E-state index in [1.54, 1.807) is 7.11 Å². The van der Waals surface area contributed by atoms with Crippen LogP contribution >= 0.6 is 0 Å². The van der Waals surface area contributed by atoms with Gasteiger partial charge >= 0.3 is 0 Å². The molecule has 1 N–H and O–H groups in total. The van der Waals surface area contributed by atoms with Gasteiger partial charge in [0.2, 0.25) is 0 Å². The van der Waals surface area contributed by atoms with E-state index in [2.05, 4.69) is 0 Å². The Labute approximate surface area is 84.3 Å². The molecule has 0 aliphatic rings. The Bertz CT molecular complexity index is 236. The molecule has 78 valence electrons. The van der Waals surface area contributed by atoms with Crippen molar-refractivity contribution >= 4 is 0 Å². The summed E-state index contributed by atoms with van der Waals surface area (Å²) in [7, 11) is 1.56. The van der Waals surface area contributed by atoms with Crippen molar-refractivity contribution in [3.63, 3.8) is 0 Å². The van der Waals surface area contributed by atoms with Crippen LogP contribution in [-0.4, -0.2) is 31.5 Å². The number of aliphatic hydroxyl groups excluding tert-OH is 1. The number of hydrogen-bond donors (Lipinski definition) is 1. The van der Waals surface area contributed by atoms with Crippen molar-refractivity contribution in [3.8, 4) is 0 Å². The molecule has 0 fully saturated rings. The SMILES string of the molecule is COC[C@@H](O)COCc1ccccc1. The second-order valence-electron chi connectivity index (χ2n) is 3.11. The number of rotatable bonds is 6. The maximum Gasteiger partial charge on any atom is 0.101 e. The fourth-order valence-corrected chi connectivity index (χ4v) is 1.13. The molecule has 0 aliphatic heterocycles. The van der Waals surface area contributed by atoms with E-state index in [9.17, 15) is 5.11 Å². The molecule has 1 aromatic carbocycles. The van der Waals surface area contributed by atoms with Gasteiger partial charge in [0.05, 0.1) is 19.8 Å². The third kappa shape index (κ3) is 4.37. The largest absolute Gasteiger partial charge is 0.388 e. The van der Waals surface area contributed by atoms with Crippen LogP contribution in [0.25, 0.3) is 0 Å². The number of hydrogen-bond acceptors (Lipinski definition) is 3. The highest BCUT2D eigenvalue weighted by atomic mass is 16.5. The van der Waals surface area contributed by atoms with Crippen LogP contribution in [0.2, 0.25) is 0 Å². The van der Waals surface area contributed by atoms with Gasteiger partial charge in [0.1, 0.15) is 6.10 Å². The van der Waals surface area contributed by atoms with Gasteiger partial charge in [-0.25, -0.2) is 0 Å². The summed E-state index contributed by atoms with van der Waals surface area (Å²) in [6.07, 6.45) is -0.538. The third-order valence-electron chi connectivity index (χ3n) is 1.78. The minimum Gasteiger partial charge on any atom is -0.388 e. The number of benzene rings is 1. The van der Waals surface area contributed by atoms with Crippen LogP contribution in [0.1, 0.15) is 5.56 Å². The van der Waals surface area contributed by atoms with E-state index in [1.165, 1.54) is 0 Å². The Kier molecular flexibility index (Phi) is 5.22. The normalized spacial score (nSPS) is 12.7. The topological polar surface area (TPSA) is 38.7 Å². The zero-order valence-corrected chi connectivity index (χ0v) is 8.35. The van der Waals surface area contributed by atoms with Gasteiger partial charge in [0.25, 0.3) is 0 Å². The van der Waals surface area contributed by atoms with Gasteiger partial charge in [-0.1, -0.05) is 30.3 Å². The summed E-state index contributed by atoms with van der Waals surface area (Å²) in [6.45, 7) is 1.15. The fraction of sp³-hybridized carbons (Fsp3) is 0.455. The van der Waals surface area contributed by atoms with Gasteiger partial charge in [0, 0.05) is 7.11 Å². The first-order valence-corrected chi connectivity index (χ1v) is 4.61. The monoisotopic (exact) mass is 196 g/mol. The zero-order valence-electron chi connectivity index (χ0n) is 8.35. The Morgan fingerprint density at radius 1 is 1.21 bits per heavy atom. The molecule has 0 radical (unpaired) electrons. The van der Waals surface area contributed by atoms with Crippen LogP contribution < -0.4 is 0 Å². The molecule has 0 bridgehead atoms. The van der Waals surface area contributed by atoms with Gasteiger partial charge in [-0.15, -0.1) is 0 Å². The van der Waals surface area contributed by atoms with Crippen molar-refractivity contribution in [1.82, 2.24) is 0 Å². The summed E-state index contributed by atoms with van der Waals surface area (Å²) in [5, 5.41) is 9.28. The van der Waals surface area contributed by atoms with Crippen LogP contribution in [0.15, 0.2) is 30.3 Å². The lowest BCUT2D eigenvalue weighted by atomic mass is 10.2. The molecule has 1 aromatic rings. The summed E-state index contributed by atoms with van der Waals surface area (Å²) in [5.74, 6) is 0. The summed E-state index contributed by atoms with van der Waals surface area (Å²) >= 11 is 0. The maximum atomic E-state index is 9.28. The standard InChI is InChI=1S/C11H16O3/c1-13-8-11(12)9-14-7-10-5-3-2-4-6-10/h2-6,11-12H,7-9H2,1H3/t11-/m1/s1. The highest BCUT2D eigenvalue weighted by Gasteiger charge is 2.02. The first-order chi connectivity index (χ1) is 6.83. The van der Waals surface area contributed by atoms with E-state index in [1.807, 2.05) is 30.3 Å². The van der Waals surface area contributed by atoms with Gasteiger partial charge in [-0.3, -0.25) is 0 Å². The zero-order chi connectivity index (χ0) is 10.2. The van der Waals surface area contributed by atoms with Crippen LogP contribution in [0, 0.1) is 0 Å². The molecule has 3 nitrogen and oxygen atoms in total. The molecule has 0 aromatic heterocycles. The number of aliphatic hydroxyl groups is 1. The van der Waals surface area contributed by atoms with Crippen LogP contribution in [-0.2, 0) is 16.1 Å². The smallest absolute Gasteiger partial charge is 0.101 e. The van der Waals surface area contributed by atoms with E-state index in [4.69, 9.17) is 9.47 Å². The van der Waals surface area contributed by atoms with E-state index >= 15 is 0 Å². The molecular formula is C11H16O3. The van der Waals surface area contributed by atoms with E-state index < -0.39 is 6.10 Å². The van der Waals surface area contributed by atoms with Gasteiger partial charge in [-0.2, -0.15) is 0 Å². The van der Waals surface area contributed by atoms with Crippen molar-refractivity contribution in [1.29, 1.82) is 0 Å². The summed E-state index contributed by atoms with van der Waals surface area (Å²) < 4.78 is 10.1. The van der Waals surface area contributed by atoms with Crippen molar-refractivity contribution < 1.29 is 14.6 Å². The molecule has 0 heterocycles. The highest BCUT2D eigenvalue weighted by Crippen LogP contribution is 2.00. The number of ether oxygens (including phenoxy) is 2. The molecule has 0 unspecified atom stereocenters. The molecule has 0 aliphatic carbocycles. The quantitative estimate of drug-likeness (QED) is 0.743. The lowest BCUT2D eigenvalue weighted by molar-refractivity contribution is -0.0114. The molecule has 1 atom stereocenters. The predicted octanol–water partition coefficient (Wildman–Crippen LogP) is 1.21. The minimum atomic E-state index is -0.538. The van der Waals surface area contributed by atoms with Crippen LogP contribution in [0.4, 0.5) is 0 Å². The molecule has 3 heteroatoms. The van der Waals surface area contributed by atoms with Crippen LogP contribution in [0.3, 0.4) is 0 Å². The van der Waals surface area contributed by atoms with E-state index in [0.29, 0.717) is 19.8 Å². The minimum absolute atomic E-state index is 0.308. The molecule has 1 rings (SSSR count). The Hall–Kier alpha value is -0.900. The second kappa shape index (κ2) is 6.54. The van der Waals surface area contributed by atoms with Crippen LogP contribution in [0.5, 0.6) is 0 Å². The predicted molar refractivity (Wildman–Crippen MR) is 54.0 cm³/mol. The fourth-order valence-electron chi connectivity index (χ4n) is 1.13. The molecular weight excluding hydrogens is 180 g/mol. The van der Waals surface area contributed by atoms with Gasteiger partial charge in [-0.05, 0) is 5.56 Å². The van der Waals surface area contributed by atoms with E-state index in [-0.39, 0.29) is 0 Å². The molecule has 14 heavy (non-hydrogen) atoms. The lowest BCUT2D eigenvalue weighted by Gasteiger charge is -2.09.